The lowest BCUT2D eigenvalue weighted by atomic mass is 9.99. The van der Waals surface area contributed by atoms with Crippen LogP contribution in [0.1, 0.15) is 18.1 Å². The lowest BCUT2D eigenvalue weighted by molar-refractivity contribution is -0.137. The number of aromatic nitrogens is 2. The van der Waals surface area contributed by atoms with Crippen LogP contribution in [0.2, 0.25) is 0 Å². The first kappa shape index (κ1) is 16.1. The highest BCUT2D eigenvalue weighted by atomic mass is 19.4. The molecule has 0 saturated carbocycles. The zero-order valence-corrected chi connectivity index (χ0v) is 12.2. The molecule has 0 radical (unpaired) electrons. The van der Waals surface area contributed by atoms with Crippen molar-refractivity contribution in [2.24, 2.45) is 13.0 Å². The van der Waals surface area contributed by atoms with Crippen molar-refractivity contribution in [2.45, 2.75) is 19.5 Å². The molecule has 1 atom stereocenters. The Balaban J connectivity index is 1.96. The summed E-state index contributed by atoms with van der Waals surface area (Å²) in [7, 11) is 1.74. The van der Waals surface area contributed by atoms with Crippen LogP contribution in [0.3, 0.4) is 0 Å². The molecule has 118 valence electrons. The standard InChI is InChI=1S/C15H16F3N3O/c1-10(14(22)20-13-8-19-21(2)9-13)7-11-3-5-12(6-4-11)15(16,17)18/h3-6,8-10H,7H2,1-2H3,(H,20,22). The fraction of sp³-hybridized carbons (Fsp3) is 0.333. The Morgan fingerprint density at radius 1 is 1.32 bits per heavy atom. The van der Waals surface area contributed by atoms with Crippen molar-refractivity contribution in [3.05, 3.63) is 47.8 Å². The summed E-state index contributed by atoms with van der Waals surface area (Å²) in [6.45, 7) is 1.73. The zero-order valence-electron chi connectivity index (χ0n) is 12.2. The van der Waals surface area contributed by atoms with E-state index < -0.39 is 11.7 Å². The van der Waals surface area contributed by atoms with E-state index in [0.717, 1.165) is 12.1 Å². The highest BCUT2D eigenvalue weighted by Crippen LogP contribution is 2.29. The number of alkyl halides is 3. The zero-order chi connectivity index (χ0) is 16.3. The molecule has 1 N–H and O–H groups in total. The number of halogens is 3. The third-order valence-corrected chi connectivity index (χ3v) is 3.24. The number of nitrogens with zero attached hydrogens (tertiary/aromatic N) is 2. The minimum atomic E-state index is -4.35. The summed E-state index contributed by atoms with van der Waals surface area (Å²) in [5, 5.41) is 6.66. The molecule has 4 nitrogen and oxygen atoms in total. The van der Waals surface area contributed by atoms with Crippen LogP contribution in [0, 0.1) is 5.92 Å². The van der Waals surface area contributed by atoms with Gasteiger partial charge in [0.2, 0.25) is 5.91 Å². The molecule has 2 aromatic rings. The fourth-order valence-corrected chi connectivity index (χ4v) is 2.03. The van der Waals surface area contributed by atoms with Gasteiger partial charge in [-0.3, -0.25) is 9.48 Å². The van der Waals surface area contributed by atoms with Crippen molar-refractivity contribution in [3.8, 4) is 0 Å². The number of nitrogens with one attached hydrogen (secondary N) is 1. The molecule has 0 aliphatic carbocycles. The van der Waals surface area contributed by atoms with E-state index in [-0.39, 0.29) is 11.8 Å². The fourth-order valence-electron chi connectivity index (χ4n) is 2.03. The van der Waals surface area contributed by atoms with Gasteiger partial charge in [-0.05, 0) is 24.1 Å². The summed E-state index contributed by atoms with van der Waals surface area (Å²) in [6, 6.07) is 4.86. The van der Waals surface area contributed by atoms with Crippen LogP contribution < -0.4 is 5.32 Å². The molecule has 0 aliphatic heterocycles. The van der Waals surface area contributed by atoms with Gasteiger partial charge in [0, 0.05) is 19.2 Å². The quantitative estimate of drug-likeness (QED) is 0.942. The van der Waals surface area contributed by atoms with Crippen LogP contribution in [-0.2, 0) is 24.4 Å². The molecule has 1 amide bonds. The van der Waals surface area contributed by atoms with Gasteiger partial charge < -0.3 is 5.32 Å². The number of carbonyl (C=O) groups is 1. The van der Waals surface area contributed by atoms with Crippen molar-refractivity contribution in [2.75, 3.05) is 5.32 Å². The van der Waals surface area contributed by atoms with Crippen LogP contribution in [-0.4, -0.2) is 15.7 Å². The topological polar surface area (TPSA) is 46.9 Å². The summed E-state index contributed by atoms with van der Waals surface area (Å²) < 4.78 is 39.0. The lowest BCUT2D eigenvalue weighted by Crippen LogP contribution is -2.22. The molecule has 0 aliphatic rings. The second-order valence-electron chi connectivity index (χ2n) is 5.19. The normalized spacial score (nSPS) is 13.0. The van der Waals surface area contributed by atoms with Crippen LogP contribution in [0.15, 0.2) is 36.7 Å². The smallest absolute Gasteiger partial charge is 0.323 e. The third kappa shape index (κ3) is 4.09. The first-order valence-electron chi connectivity index (χ1n) is 6.71. The molecule has 0 fully saturated rings. The minimum absolute atomic E-state index is 0.201. The predicted molar refractivity (Wildman–Crippen MR) is 76.1 cm³/mol. The summed E-state index contributed by atoms with van der Waals surface area (Å²) in [5.74, 6) is -0.565. The Morgan fingerprint density at radius 2 is 1.95 bits per heavy atom. The maximum Gasteiger partial charge on any atom is 0.416 e. The largest absolute Gasteiger partial charge is 0.416 e. The Bertz CT molecular complexity index is 647. The molecule has 0 spiro atoms. The molecule has 0 saturated heterocycles. The number of hydrogen-bond acceptors (Lipinski definition) is 2. The number of rotatable bonds is 4. The molecule has 22 heavy (non-hydrogen) atoms. The number of benzene rings is 1. The van der Waals surface area contributed by atoms with E-state index in [9.17, 15) is 18.0 Å². The van der Waals surface area contributed by atoms with Gasteiger partial charge in [0.1, 0.15) is 0 Å². The van der Waals surface area contributed by atoms with E-state index in [1.807, 2.05) is 0 Å². The van der Waals surface area contributed by atoms with Crippen molar-refractivity contribution in [3.63, 3.8) is 0 Å². The Kier molecular flexibility index (Phi) is 4.54. The molecule has 7 heteroatoms. The first-order valence-corrected chi connectivity index (χ1v) is 6.71. The van der Waals surface area contributed by atoms with E-state index >= 15 is 0 Å². The van der Waals surface area contributed by atoms with Crippen molar-refractivity contribution < 1.29 is 18.0 Å². The summed E-state index contributed by atoms with van der Waals surface area (Å²) in [4.78, 5) is 12.0. The van der Waals surface area contributed by atoms with Gasteiger partial charge in [-0.2, -0.15) is 18.3 Å². The van der Waals surface area contributed by atoms with Gasteiger partial charge in [-0.15, -0.1) is 0 Å². The molecule has 2 rings (SSSR count). The summed E-state index contributed by atoms with van der Waals surface area (Å²) in [5.41, 5.74) is 0.581. The highest BCUT2D eigenvalue weighted by Gasteiger charge is 2.30. The van der Waals surface area contributed by atoms with E-state index in [0.29, 0.717) is 17.7 Å². The molecule has 1 aromatic heterocycles. The van der Waals surface area contributed by atoms with Crippen LogP contribution in [0.5, 0.6) is 0 Å². The Morgan fingerprint density at radius 3 is 2.45 bits per heavy atom. The molecule has 1 unspecified atom stereocenters. The molecule has 1 aromatic carbocycles. The van der Waals surface area contributed by atoms with Gasteiger partial charge in [0.05, 0.1) is 17.4 Å². The average molecular weight is 311 g/mol. The summed E-state index contributed by atoms with van der Waals surface area (Å²) >= 11 is 0. The van der Waals surface area contributed by atoms with Gasteiger partial charge in [-0.1, -0.05) is 19.1 Å². The van der Waals surface area contributed by atoms with Crippen LogP contribution in [0.4, 0.5) is 18.9 Å². The van der Waals surface area contributed by atoms with Crippen LogP contribution >= 0.6 is 0 Å². The number of anilines is 1. The van der Waals surface area contributed by atoms with Gasteiger partial charge in [0.25, 0.3) is 0 Å². The van der Waals surface area contributed by atoms with Crippen molar-refractivity contribution in [1.82, 2.24) is 9.78 Å². The predicted octanol–water partition coefficient (Wildman–Crippen LogP) is 3.26. The Hall–Kier alpha value is -2.31. The maximum absolute atomic E-state index is 12.5. The number of amides is 1. The molecule has 1 heterocycles. The number of carbonyl (C=O) groups excluding carboxylic acids is 1. The lowest BCUT2D eigenvalue weighted by Gasteiger charge is -2.12. The first-order chi connectivity index (χ1) is 10.3. The number of hydrogen-bond donors (Lipinski definition) is 1. The monoisotopic (exact) mass is 311 g/mol. The van der Waals surface area contributed by atoms with E-state index in [4.69, 9.17) is 0 Å². The summed E-state index contributed by atoms with van der Waals surface area (Å²) in [6.07, 6.45) is -0.780. The second kappa shape index (κ2) is 6.21. The molecular weight excluding hydrogens is 295 g/mol. The number of aryl methyl sites for hydroxylation is 1. The maximum atomic E-state index is 12.5. The average Bonchev–Trinajstić information content (AvgIpc) is 2.83. The highest BCUT2D eigenvalue weighted by molar-refractivity contribution is 5.92. The van der Waals surface area contributed by atoms with Crippen LogP contribution in [0.25, 0.3) is 0 Å². The van der Waals surface area contributed by atoms with Crippen molar-refractivity contribution in [1.29, 1.82) is 0 Å². The van der Waals surface area contributed by atoms with E-state index in [1.165, 1.54) is 18.3 Å². The van der Waals surface area contributed by atoms with Gasteiger partial charge >= 0.3 is 6.18 Å². The van der Waals surface area contributed by atoms with E-state index in [2.05, 4.69) is 10.4 Å². The SMILES string of the molecule is CC(Cc1ccc(C(F)(F)F)cc1)C(=O)Nc1cnn(C)c1. The second-order valence-corrected chi connectivity index (χ2v) is 5.19. The Labute approximate surface area is 125 Å². The minimum Gasteiger partial charge on any atom is -0.323 e. The van der Waals surface area contributed by atoms with E-state index in [1.54, 1.807) is 24.9 Å². The van der Waals surface area contributed by atoms with Gasteiger partial charge in [0.15, 0.2) is 0 Å². The molecule has 0 bridgehead atoms. The third-order valence-electron chi connectivity index (χ3n) is 3.24. The van der Waals surface area contributed by atoms with Gasteiger partial charge in [-0.25, -0.2) is 0 Å². The van der Waals surface area contributed by atoms with Crippen molar-refractivity contribution >= 4 is 11.6 Å². The molecular formula is C15H16F3N3O.